The zero-order valence-electron chi connectivity index (χ0n) is 13.3. The number of hydrogen-bond acceptors (Lipinski definition) is 4. The molecule has 1 aromatic heterocycles. The van der Waals surface area contributed by atoms with Crippen LogP contribution in [-0.4, -0.2) is 49.2 Å². The molecule has 2 rings (SSSR count). The number of hydrogen-bond donors (Lipinski definition) is 1. The fourth-order valence-electron chi connectivity index (χ4n) is 2.65. The van der Waals surface area contributed by atoms with Crippen molar-refractivity contribution in [1.82, 2.24) is 15.2 Å². The summed E-state index contributed by atoms with van der Waals surface area (Å²) in [7, 11) is 4.32. The molecule has 0 aliphatic carbocycles. The third-order valence-electron chi connectivity index (χ3n) is 4.31. The molecule has 0 bridgehead atoms. The predicted molar refractivity (Wildman–Crippen MR) is 85.1 cm³/mol. The van der Waals surface area contributed by atoms with Gasteiger partial charge in [-0.1, -0.05) is 6.07 Å². The van der Waals surface area contributed by atoms with Crippen LogP contribution in [0.1, 0.15) is 32.3 Å². The van der Waals surface area contributed by atoms with Crippen molar-refractivity contribution in [2.24, 2.45) is 0 Å². The highest BCUT2D eigenvalue weighted by atomic mass is 15.2. The van der Waals surface area contributed by atoms with Gasteiger partial charge in [0, 0.05) is 31.9 Å². The van der Waals surface area contributed by atoms with Gasteiger partial charge in [-0.15, -0.1) is 0 Å². The summed E-state index contributed by atoms with van der Waals surface area (Å²) < 4.78 is 0. The molecule has 0 saturated carbocycles. The number of anilines is 1. The quantitative estimate of drug-likeness (QED) is 0.892. The van der Waals surface area contributed by atoms with Crippen LogP contribution in [0.4, 0.5) is 5.82 Å². The van der Waals surface area contributed by atoms with Crippen molar-refractivity contribution in [3.05, 3.63) is 23.9 Å². The first kappa shape index (κ1) is 15.3. The Labute approximate surface area is 123 Å². The minimum atomic E-state index is 0.478. The van der Waals surface area contributed by atoms with Crippen molar-refractivity contribution in [3.8, 4) is 0 Å². The maximum absolute atomic E-state index is 4.58. The van der Waals surface area contributed by atoms with Gasteiger partial charge in [-0.05, 0) is 58.5 Å². The van der Waals surface area contributed by atoms with E-state index in [9.17, 15) is 0 Å². The average Bonchev–Trinajstić information content (AvgIpc) is 2.48. The van der Waals surface area contributed by atoms with E-state index in [2.05, 4.69) is 60.2 Å². The fraction of sp³-hybridized carbons (Fsp3) is 0.688. The van der Waals surface area contributed by atoms with Crippen molar-refractivity contribution in [3.63, 3.8) is 0 Å². The summed E-state index contributed by atoms with van der Waals surface area (Å²) >= 11 is 0. The topological polar surface area (TPSA) is 31.4 Å². The summed E-state index contributed by atoms with van der Waals surface area (Å²) in [6, 6.07) is 5.52. The van der Waals surface area contributed by atoms with Crippen LogP contribution in [-0.2, 0) is 6.54 Å². The molecule has 2 heterocycles. The van der Waals surface area contributed by atoms with E-state index in [1.165, 1.54) is 18.4 Å². The monoisotopic (exact) mass is 276 g/mol. The Bertz CT molecular complexity index is 395. The van der Waals surface area contributed by atoms with Crippen LogP contribution in [0.2, 0.25) is 0 Å². The van der Waals surface area contributed by atoms with Crippen LogP contribution in [0.25, 0.3) is 0 Å². The lowest BCUT2D eigenvalue weighted by atomic mass is 10.0. The Morgan fingerprint density at radius 2 is 1.95 bits per heavy atom. The Morgan fingerprint density at radius 1 is 1.25 bits per heavy atom. The fourth-order valence-corrected chi connectivity index (χ4v) is 2.65. The lowest BCUT2D eigenvalue weighted by Gasteiger charge is -2.31. The van der Waals surface area contributed by atoms with Crippen molar-refractivity contribution in [1.29, 1.82) is 0 Å². The maximum Gasteiger partial charge on any atom is 0.128 e. The van der Waals surface area contributed by atoms with Gasteiger partial charge in [-0.2, -0.15) is 0 Å². The van der Waals surface area contributed by atoms with Crippen LogP contribution in [0.3, 0.4) is 0 Å². The smallest absolute Gasteiger partial charge is 0.128 e. The summed E-state index contributed by atoms with van der Waals surface area (Å²) in [6.45, 7) is 7.64. The summed E-state index contributed by atoms with van der Waals surface area (Å²) in [6.07, 6.45) is 4.52. The second-order valence-electron chi connectivity index (χ2n) is 6.13. The second kappa shape index (κ2) is 7.04. The van der Waals surface area contributed by atoms with Crippen LogP contribution in [0.15, 0.2) is 18.3 Å². The van der Waals surface area contributed by atoms with Crippen LogP contribution < -0.4 is 10.2 Å². The molecule has 0 aromatic carbocycles. The van der Waals surface area contributed by atoms with Gasteiger partial charge in [-0.3, -0.25) is 4.90 Å². The molecule has 1 N–H and O–H groups in total. The van der Waals surface area contributed by atoms with Crippen molar-refractivity contribution >= 4 is 5.82 Å². The SMILES string of the molecule is CC(C)N(C)c1ccc(CN(C)C2CCNCC2)cn1. The summed E-state index contributed by atoms with van der Waals surface area (Å²) in [5, 5.41) is 3.42. The highest BCUT2D eigenvalue weighted by Crippen LogP contribution is 2.16. The normalized spacial score (nSPS) is 16.9. The predicted octanol–water partition coefficient (Wildman–Crippen LogP) is 2.11. The molecule has 0 atom stereocenters. The van der Waals surface area contributed by atoms with Gasteiger partial charge in [0.1, 0.15) is 5.82 Å². The molecule has 4 heteroatoms. The van der Waals surface area contributed by atoms with Crippen LogP contribution >= 0.6 is 0 Å². The largest absolute Gasteiger partial charge is 0.357 e. The van der Waals surface area contributed by atoms with Crippen LogP contribution in [0.5, 0.6) is 0 Å². The highest BCUT2D eigenvalue weighted by Gasteiger charge is 2.17. The number of piperidine rings is 1. The first-order chi connectivity index (χ1) is 9.58. The number of pyridine rings is 1. The van der Waals surface area contributed by atoms with Gasteiger partial charge in [0.15, 0.2) is 0 Å². The lowest BCUT2D eigenvalue weighted by Crippen LogP contribution is -2.40. The third-order valence-corrected chi connectivity index (χ3v) is 4.31. The highest BCUT2D eigenvalue weighted by molar-refractivity contribution is 5.39. The molecule has 0 radical (unpaired) electrons. The van der Waals surface area contributed by atoms with E-state index >= 15 is 0 Å². The van der Waals surface area contributed by atoms with E-state index in [1.54, 1.807) is 0 Å². The molecule has 1 saturated heterocycles. The van der Waals surface area contributed by atoms with Gasteiger partial charge in [0.2, 0.25) is 0 Å². The molecular weight excluding hydrogens is 248 g/mol. The third kappa shape index (κ3) is 3.93. The first-order valence-corrected chi connectivity index (χ1v) is 7.66. The maximum atomic E-state index is 4.58. The van der Waals surface area contributed by atoms with E-state index in [1.807, 2.05) is 6.20 Å². The number of aromatic nitrogens is 1. The minimum Gasteiger partial charge on any atom is -0.357 e. The van der Waals surface area contributed by atoms with Crippen molar-refractivity contribution in [2.75, 3.05) is 32.1 Å². The summed E-state index contributed by atoms with van der Waals surface area (Å²) in [4.78, 5) is 9.24. The molecule has 1 aromatic rings. The molecule has 4 nitrogen and oxygen atoms in total. The lowest BCUT2D eigenvalue weighted by molar-refractivity contribution is 0.191. The number of nitrogens with one attached hydrogen (secondary N) is 1. The molecule has 20 heavy (non-hydrogen) atoms. The Morgan fingerprint density at radius 3 is 2.50 bits per heavy atom. The zero-order chi connectivity index (χ0) is 14.5. The van der Waals surface area contributed by atoms with Gasteiger partial charge in [0.25, 0.3) is 0 Å². The van der Waals surface area contributed by atoms with E-state index < -0.39 is 0 Å². The Kier molecular flexibility index (Phi) is 5.38. The molecule has 0 unspecified atom stereocenters. The molecule has 1 aliphatic heterocycles. The first-order valence-electron chi connectivity index (χ1n) is 7.66. The molecule has 0 spiro atoms. The molecular formula is C16H28N4. The molecule has 112 valence electrons. The van der Waals surface area contributed by atoms with Gasteiger partial charge in [-0.25, -0.2) is 4.98 Å². The zero-order valence-corrected chi connectivity index (χ0v) is 13.3. The molecule has 0 amide bonds. The van der Waals surface area contributed by atoms with E-state index in [4.69, 9.17) is 0 Å². The van der Waals surface area contributed by atoms with Crippen LogP contribution in [0, 0.1) is 0 Å². The van der Waals surface area contributed by atoms with E-state index in [0.29, 0.717) is 12.1 Å². The van der Waals surface area contributed by atoms with Gasteiger partial charge in [0.05, 0.1) is 0 Å². The van der Waals surface area contributed by atoms with E-state index in [0.717, 1.165) is 25.5 Å². The number of rotatable bonds is 5. The molecule has 1 aliphatic rings. The second-order valence-corrected chi connectivity index (χ2v) is 6.13. The minimum absolute atomic E-state index is 0.478. The Balaban J connectivity index is 1.92. The Hall–Kier alpha value is -1.13. The van der Waals surface area contributed by atoms with E-state index in [-0.39, 0.29) is 0 Å². The van der Waals surface area contributed by atoms with Crippen molar-refractivity contribution < 1.29 is 0 Å². The summed E-state index contributed by atoms with van der Waals surface area (Å²) in [5.41, 5.74) is 1.30. The number of nitrogens with zero attached hydrogens (tertiary/aromatic N) is 3. The van der Waals surface area contributed by atoms with Crippen molar-refractivity contribution in [2.45, 2.75) is 45.3 Å². The van der Waals surface area contributed by atoms with Gasteiger partial charge < -0.3 is 10.2 Å². The standard InChI is InChI=1S/C16H28N4/c1-13(2)20(4)16-6-5-14(11-18-16)12-19(3)15-7-9-17-10-8-15/h5-6,11,13,15,17H,7-10,12H2,1-4H3. The molecule has 1 fully saturated rings. The average molecular weight is 276 g/mol. The van der Waals surface area contributed by atoms with Gasteiger partial charge >= 0.3 is 0 Å². The summed E-state index contributed by atoms with van der Waals surface area (Å²) in [5.74, 6) is 1.05.